The van der Waals surface area contributed by atoms with Gasteiger partial charge >= 0.3 is 5.97 Å². The lowest BCUT2D eigenvalue weighted by Crippen LogP contribution is -2.33. The Balaban J connectivity index is 3.97. The van der Waals surface area contributed by atoms with Crippen molar-refractivity contribution in [2.24, 2.45) is 5.92 Å². The van der Waals surface area contributed by atoms with Crippen LogP contribution in [0.15, 0.2) is 0 Å². The van der Waals surface area contributed by atoms with Crippen LogP contribution in [0.2, 0.25) is 0 Å². The molecule has 0 fully saturated rings. The summed E-state index contributed by atoms with van der Waals surface area (Å²) in [4.78, 5) is 24.4. The van der Waals surface area contributed by atoms with E-state index in [-0.39, 0.29) is 18.3 Å². The van der Waals surface area contributed by atoms with Gasteiger partial charge in [-0.15, -0.1) is 0 Å². The summed E-state index contributed by atoms with van der Waals surface area (Å²) in [6.45, 7) is 7.22. The summed E-state index contributed by atoms with van der Waals surface area (Å²) < 4.78 is 4.55. The molecule has 0 heterocycles. The van der Waals surface area contributed by atoms with Crippen molar-refractivity contribution in [3.8, 4) is 0 Å². The highest BCUT2D eigenvalue weighted by molar-refractivity contribution is 5.77. The number of hydrogen-bond acceptors (Lipinski definition) is 3. The zero-order valence-corrected chi connectivity index (χ0v) is 10.8. The van der Waals surface area contributed by atoms with E-state index >= 15 is 0 Å². The largest absolute Gasteiger partial charge is 0.469 e. The molecule has 0 aliphatic heterocycles. The quantitative estimate of drug-likeness (QED) is 0.626. The average molecular weight is 229 g/mol. The molecule has 0 spiro atoms. The molecule has 0 aliphatic rings. The van der Waals surface area contributed by atoms with Crippen molar-refractivity contribution in [3.63, 3.8) is 0 Å². The van der Waals surface area contributed by atoms with Crippen LogP contribution in [0, 0.1) is 5.92 Å². The Bertz CT molecular complexity index is 226. The molecule has 0 saturated heterocycles. The van der Waals surface area contributed by atoms with Crippen LogP contribution in [0.4, 0.5) is 0 Å². The average Bonchev–Trinajstić information content (AvgIpc) is 2.26. The van der Waals surface area contributed by atoms with E-state index in [0.29, 0.717) is 25.4 Å². The molecule has 0 atom stereocenters. The van der Waals surface area contributed by atoms with Gasteiger partial charge in [0.15, 0.2) is 0 Å². The highest BCUT2D eigenvalue weighted by Crippen LogP contribution is 2.06. The maximum atomic E-state index is 11.8. The maximum absolute atomic E-state index is 11.8. The highest BCUT2D eigenvalue weighted by Gasteiger charge is 2.13. The summed E-state index contributed by atoms with van der Waals surface area (Å²) in [5.41, 5.74) is 0. The summed E-state index contributed by atoms with van der Waals surface area (Å²) in [6.07, 6.45) is 1.73. The van der Waals surface area contributed by atoms with Gasteiger partial charge in [-0.2, -0.15) is 0 Å². The third-order valence-electron chi connectivity index (χ3n) is 2.48. The van der Waals surface area contributed by atoms with E-state index in [4.69, 9.17) is 0 Å². The van der Waals surface area contributed by atoms with Crippen LogP contribution >= 0.6 is 0 Å². The molecule has 4 heteroatoms. The summed E-state index contributed by atoms with van der Waals surface area (Å²) in [7, 11) is 1.36. The standard InChI is InChI=1S/C12H23NO3/c1-5-13(9-8-12(15)16-4)11(14)7-6-10(2)3/h10H,5-9H2,1-4H3. The molecule has 0 aromatic carbocycles. The van der Waals surface area contributed by atoms with Crippen molar-refractivity contribution in [3.05, 3.63) is 0 Å². The zero-order chi connectivity index (χ0) is 12.6. The number of nitrogens with zero attached hydrogens (tertiary/aromatic N) is 1. The summed E-state index contributed by atoms with van der Waals surface area (Å²) in [5.74, 6) is 0.387. The van der Waals surface area contributed by atoms with Gasteiger partial charge in [0.05, 0.1) is 13.5 Å². The Labute approximate surface area is 98.0 Å². The topological polar surface area (TPSA) is 46.6 Å². The number of methoxy groups -OCH3 is 1. The minimum Gasteiger partial charge on any atom is -0.469 e. The zero-order valence-electron chi connectivity index (χ0n) is 10.8. The Kier molecular flexibility index (Phi) is 7.60. The maximum Gasteiger partial charge on any atom is 0.307 e. The third kappa shape index (κ3) is 6.43. The van der Waals surface area contributed by atoms with Crippen LogP contribution in [-0.4, -0.2) is 37.0 Å². The minimum absolute atomic E-state index is 0.125. The van der Waals surface area contributed by atoms with E-state index in [1.54, 1.807) is 4.90 Å². The molecule has 0 aromatic heterocycles. The Morgan fingerprint density at radius 3 is 2.31 bits per heavy atom. The van der Waals surface area contributed by atoms with Crippen LogP contribution in [0.3, 0.4) is 0 Å². The van der Waals surface area contributed by atoms with Crippen molar-refractivity contribution >= 4 is 11.9 Å². The number of ether oxygens (including phenoxy) is 1. The second-order valence-corrected chi connectivity index (χ2v) is 4.23. The second kappa shape index (κ2) is 8.13. The molecule has 0 unspecified atom stereocenters. The van der Waals surface area contributed by atoms with Gasteiger partial charge in [0, 0.05) is 19.5 Å². The van der Waals surface area contributed by atoms with Gasteiger partial charge in [-0.05, 0) is 19.3 Å². The Morgan fingerprint density at radius 2 is 1.88 bits per heavy atom. The molecular formula is C12H23NO3. The molecule has 4 nitrogen and oxygen atoms in total. The minimum atomic E-state index is -0.268. The van der Waals surface area contributed by atoms with Gasteiger partial charge in [0.2, 0.25) is 5.91 Å². The fourth-order valence-electron chi connectivity index (χ4n) is 1.36. The smallest absolute Gasteiger partial charge is 0.307 e. The molecule has 0 radical (unpaired) electrons. The summed E-state index contributed by atoms with van der Waals surface area (Å²) >= 11 is 0. The van der Waals surface area contributed by atoms with Gasteiger partial charge in [-0.25, -0.2) is 0 Å². The first-order valence-electron chi connectivity index (χ1n) is 5.85. The number of amides is 1. The molecule has 0 aliphatic carbocycles. The second-order valence-electron chi connectivity index (χ2n) is 4.23. The number of rotatable bonds is 7. The normalized spacial score (nSPS) is 10.3. The molecule has 0 saturated carbocycles. The van der Waals surface area contributed by atoms with Crippen LogP contribution in [0.5, 0.6) is 0 Å². The molecule has 0 rings (SSSR count). The van der Waals surface area contributed by atoms with Gasteiger partial charge in [-0.3, -0.25) is 9.59 Å². The highest BCUT2D eigenvalue weighted by atomic mass is 16.5. The van der Waals surface area contributed by atoms with Crippen LogP contribution in [-0.2, 0) is 14.3 Å². The monoisotopic (exact) mass is 229 g/mol. The van der Waals surface area contributed by atoms with E-state index in [9.17, 15) is 9.59 Å². The van der Waals surface area contributed by atoms with Crippen molar-refractivity contribution < 1.29 is 14.3 Å². The third-order valence-corrected chi connectivity index (χ3v) is 2.48. The van der Waals surface area contributed by atoms with Crippen molar-refractivity contribution in [2.75, 3.05) is 20.2 Å². The first-order valence-corrected chi connectivity index (χ1v) is 5.85. The van der Waals surface area contributed by atoms with E-state index in [2.05, 4.69) is 18.6 Å². The summed E-state index contributed by atoms with van der Waals surface area (Å²) in [5, 5.41) is 0. The van der Waals surface area contributed by atoms with Crippen LogP contribution < -0.4 is 0 Å². The molecule has 0 aromatic rings. The van der Waals surface area contributed by atoms with Crippen molar-refractivity contribution in [2.45, 2.75) is 40.0 Å². The van der Waals surface area contributed by atoms with Crippen LogP contribution in [0.25, 0.3) is 0 Å². The predicted molar refractivity (Wildman–Crippen MR) is 63.0 cm³/mol. The lowest BCUT2D eigenvalue weighted by Gasteiger charge is -2.20. The number of carbonyl (C=O) groups is 2. The predicted octanol–water partition coefficient (Wildman–Crippen LogP) is 1.83. The molecule has 0 N–H and O–H groups in total. The van der Waals surface area contributed by atoms with Gasteiger partial charge in [0.1, 0.15) is 0 Å². The van der Waals surface area contributed by atoms with Crippen LogP contribution in [0.1, 0.15) is 40.0 Å². The Hall–Kier alpha value is -1.06. The van der Waals surface area contributed by atoms with E-state index in [1.165, 1.54) is 7.11 Å². The fourth-order valence-corrected chi connectivity index (χ4v) is 1.36. The fraction of sp³-hybridized carbons (Fsp3) is 0.833. The first-order chi connectivity index (χ1) is 7.51. The lowest BCUT2D eigenvalue weighted by molar-refractivity contribution is -0.141. The SMILES string of the molecule is CCN(CCC(=O)OC)C(=O)CCC(C)C. The van der Waals surface area contributed by atoms with Crippen molar-refractivity contribution in [1.29, 1.82) is 0 Å². The van der Waals surface area contributed by atoms with E-state index < -0.39 is 0 Å². The number of esters is 1. The van der Waals surface area contributed by atoms with Gasteiger partial charge in [0.25, 0.3) is 0 Å². The molecular weight excluding hydrogens is 206 g/mol. The lowest BCUT2D eigenvalue weighted by atomic mass is 10.1. The van der Waals surface area contributed by atoms with E-state index in [1.807, 2.05) is 6.92 Å². The molecule has 94 valence electrons. The Morgan fingerprint density at radius 1 is 1.25 bits per heavy atom. The first kappa shape index (κ1) is 14.9. The van der Waals surface area contributed by atoms with Crippen molar-refractivity contribution in [1.82, 2.24) is 4.90 Å². The summed E-state index contributed by atoms with van der Waals surface area (Å²) in [6, 6.07) is 0. The van der Waals surface area contributed by atoms with E-state index in [0.717, 1.165) is 6.42 Å². The number of hydrogen-bond donors (Lipinski definition) is 0. The number of carbonyl (C=O) groups excluding carboxylic acids is 2. The van der Waals surface area contributed by atoms with Gasteiger partial charge < -0.3 is 9.64 Å². The molecule has 16 heavy (non-hydrogen) atoms. The van der Waals surface area contributed by atoms with Gasteiger partial charge in [-0.1, -0.05) is 13.8 Å². The molecule has 1 amide bonds. The molecule has 0 bridgehead atoms.